The highest BCUT2D eigenvalue weighted by atomic mass is 16.8. The SMILES string of the molecule is CC(=O)N[C@H]1[C@H]([C@H](O)[C@H](O)CO)OC(O[C@H]2[C@H](OC3O[C@H](CO)[C@H](O)[C@H](O)[C@@H]3O)[C@@H](NC(C)=O)C(O[C@H]3[C@@H](O)[C@@H](CO)OC(O[C@H]4[C@H](O)[C@@H](O)C(O)O[C@@H]4CO)[C@@H]3O)O[C@@H]2CO)(C(=O)O)C[C@@H]1O. The molecule has 5 aliphatic heterocycles. The van der Waals surface area contributed by atoms with Gasteiger partial charge in [0.15, 0.2) is 25.2 Å². The van der Waals surface area contributed by atoms with Gasteiger partial charge in [0.25, 0.3) is 5.79 Å². The zero-order chi connectivity index (χ0) is 50.7. The number of aliphatic carboxylic acids is 1. The Morgan fingerprint density at radius 1 is 0.574 bits per heavy atom. The van der Waals surface area contributed by atoms with Crippen LogP contribution in [-0.4, -0.2) is 297 Å². The third kappa shape index (κ3) is 11.8. The molecule has 0 aromatic heterocycles. The van der Waals surface area contributed by atoms with E-state index in [-0.39, 0.29) is 0 Å². The Bertz CT molecular complexity index is 1650. The monoisotopic (exact) mass is 998 g/mol. The fourth-order valence-corrected chi connectivity index (χ4v) is 8.53. The van der Waals surface area contributed by atoms with E-state index in [2.05, 4.69) is 10.6 Å². The third-order valence-electron chi connectivity index (χ3n) is 12.1. The van der Waals surface area contributed by atoms with Gasteiger partial charge < -0.3 is 140 Å². The second-order valence-electron chi connectivity index (χ2n) is 16.8. The minimum absolute atomic E-state index is 0.841. The molecular weight excluding hydrogens is 936 g/mol. The quantitative estimate of drug-likeness (QED) is 0.0606. The first-order chi connectivity index (χ1) is 32.0. The molecule has 68 heavy (non-hydrogen) atoms. The summed E-state index contributed by atoms with van der Waals surface area (Å²) in [7, 11) is 0. The minimum atomic E-state index is -3.25. The number of nitrogens with one attached hydrogen (secondary N) is 2. The van der Waals surface area contributed by atoms with Crippen molar-refractivity contribution in [2.45, 2.75) is 179 Å². The fraction of sp³-hybridized carbons (Fsp3) is 0.919. The molecule has 31 heteroatoms. The Kier molecular flexibility index (Phi) is 19.7. The molecule has 31 nitrogen and oxygen atoms in total. The van der Waals surface area contributed by atoms with Crippen molar-refractivity contribution in [1.82, 2.24) is 10.6 Å². The van der Waals surface area contributed by atoms with Gasteiger partial charge in [-0.1, -0.05) is 0 Å². The predicted molar refractivity (Wildman–Crippen MR) is 207 cm³/mol. The number of hydrogen-bond donors (Lipinski definition) is 19. The Morgan fingerprint density at radius 3 is 1.62 bits per heavy atom. The molecule has 2 amide bonds. The van der Waals surface area contributed by atoms with E-state index in [0.29, 0.717) is 0 Å². The van der Waals surface area contributed by atoms with Crippen molar-refractivity contribution in [3.8, 4) is 0 Å². The van der Waals surface area contributed by atoms with Gasteiger partial charge in [0, 0.05) is 20.3 Å². The zero-order valence-electron chi connectivity index (χ0n) is 36.2. The van der Waals surface area contributed by atoms with Gasteiger partial charge in [-0.3, -0.25) is 9.59 Å². The molecule has 0 bridgehead atoms. The number of carbonyl (C=O) groups excluding carboxylic acids is 2. The first-order valence-electron chi connectivity index (χ1n) is 21.2. The Labute approximate surface area is 384 Å². The van der Waals surface area contributed by atoms with E-state index in [4.69, 9.17) is 42.6 Å². The highest BCUT2D eigenvalue weighted by Gasteiger charge is 2.62. The van der Waals surface area contributed by atoms with Gasteiger partial charge in [0.2, 0.25) is 11.8 Å². The molecule has 0 aromatic rings. The molecule has 0 radical (unpaired) electrons. The van der Waals surface area contributed by atoms with Crippen molar-refractivity contribution in [2.24, 2.45) is 0 Å². The maximum Gasteiger partial charge on any atom is 0.364 e. The van der Waals surface area contributed by atoms with Crippen LogP contribution >= 0.6 is 0 Å². The van der Waals surface area contributed by atoms with E-state index >= 15 is 0 Å². The molecule has 394 valence electrons. The first kappa shape index (κ1) is 56.3. The van der Waals surface area contributed by atoms with Crippen LogP contribution < -0.4 is 10.6 Å². The number of carboxylic acids is 1. The molecule has 19 N–H and O–H groups in total. The molecule has 5 rings (SSSR count). The molecule has 5 saturated heterocycles. The van der Waals surface area contributed by atoms with E-state index in [9.17, 15) is 101 Å². The average Bonchev–Trinajstić information content (AvgIpc) is 3.29. The fourth-order valence-electron chi connectivity index (χ4n) is 8.53. The van der Waals surface area contributed by atoms with Gasteiger partial charge >= 0.3 is 5.97 Å². The summed E-state index contributed by atoms with van der Waals surface area (Å²) in [6.45, 7) is -3.51. The van der Waals surface area contributed by atoms with Crippen molar-refractivity contribution >= 4 is 17.8 Å². The molecule has 0 saturated carbocycles. The number of ether oxygens (including phenoxy) is 9. The van der Waals surface area contributed by atoms with Crippen LogP contribution in [0.1, 0.15) is 20.3 Å². The first-order valence-corrected chi connectivity index (χ1v) is 21.2. The van der Waals surface area contributed by atoms with Crippen LogP contribution in [0.5, 0.6) is 0 Å². The summed E-state index contributed by atoms with van der Waals surface area (Å²) in [6, 6.07) is -3.72. The summed E-state index contributed by atoms with van der Waals surface area (Å²) in [5.74, 6) is -7.18. The highest BCUT2D eigenvalue weighted by molar-refractivity contribution is 5.77. The van der Waals surface area contributed by atoms with Gasteiger partial charge in [-0.2, -0.15) is 0 Å². The minimum Gasteiger partial charge on any atom is -0.477 e. The Balaban J connectivity index is 1.59. The molecule has 0 aliphatic carbocycles. The molecule has 5 unspecified atom stereocenters. The molecule has 0 spiro atoms. The van der Waals surface area contributed by atoms with E-state index in [1.165, 1.54) is 0 Å². The number of hydrogen-bond acceptors (Lipinski definition) is 28. The standard InChI is InChI=1S/C37H62N2O29/c1-9(45)38-17-11(47)3-37(36(58)59,68-29(17)19(49)12(48)4-40)67-28-16(8-44)63-33(18(39-10(2)46)30(28)65-34-25(55)22(52)20(50)13(5-41)61-34)66-31-21(51)14(6-42)62-35(26(31)56)64-27-15(7-43)60-32(57)24(54)23(27)53/h11-35,40-44,47-57H,3-8H2,1-2H3,(H,38,45)(H,39,46)(H,58,59)/t11-,12+,13+,14+,15+,16+,17+,18+,19+,20-,21-,22-,23+,24+,25-,26+,27+,28+,29+,30+,31-,32?,33?,34?,35?,37?/m0/s1. The molecular formula is C37H62N2O29. The van der Waals surface area contributed by atoms with Gasteiger partial charge in [-0.05, 0) is 0 Å². The van der Waals surface area contributed by atoms with Crippen molar-refractivity contribution < 1.29 is 144 Å². The van der Waals surface area contributed by atoms with Gasteiger partial charge in [-0.25, -0.2) is 4.79 Å². The Morgan fingerprint density at radius 2 is 1.07 bits per heavy atom. The van der Waals surface area contributed by atoms with Crippen molar-refractivity contribution in [3.63, 3.8) is 0 Å². The van der Waals surface area contributed by atoms with Gasteiger partial charge in [0.05, 0.1) is 45.2 Å². The second kappa shape index (κ2) is 23.8. The van der Waals surface area contributed by atoms with Crippen LogP contribution in [0.4, 0.5) is 0 Å². The number of aliphatic hydroxyl groups excluding tert-OH is 16. The van der Waals surface area contributed by atoms with Crippen molar-refractivity contribution in [2.75, 3.05) is 33.0 Å². The Hall–Kier alpha value is -2.59. The molecule has 26 atom stereocenters. The maximum absolute atomic E-state index is 13.3. The summed E-state index contributed by atoms with van der Waals surface area (Å²) in [5, 5.41) is 185. The predicted octanol–water partition coefficient (Wildman–Crippen LogP) is -12.4. The van der Waals surface area contributed by atoms with Crippen LogP contribution in [0, 0.1) is 0 Å². The number of carbonyl (C=O) groups is 3. The van der Waals surface area contributed by atoms with E-state index in [1.54, 1.807) is 0 Å². The summed E-state index contributed by atoms with van der Waals surface area (Å²) < 4.78 is 51.6. The lowest BCUT2D eigenvalue weighted by Crippen LogP contribution is -2.73. The number of rotatable bonds is 18. The van der Waals surface area contributed by atoms with E-state index in [0.717, 1.165) is 13.8 Å². The van der Waals surface area contributed by atoms with E-state index in [1.807, 2.05) is 0 Å². The second-order valence-corrected chi connectivity index (χ2v) is 16.8. The van der Waals surface area contributed by atoms with Gasteiger partial charge in [-0.15, -0.1) is 0 Å². The third-order valence-corrected chi connectivity index (χ3v) is 12.1. The van der Waals surface area contributed by atoms with Crippen LogP contribution in [0.15, 0.2) is 0 Å². The zero-order valence-corrected chi connectivity index (χ0v) is 36.2. The molecule has 5 aliphatic rings. The number of carboxylic acid groups (broad SMARTS) is 1. The largest absolute Gasteiger partial charge is 0.477 e. The van der Waals surface area contributed by atoms with Crippen molar-refractivity contribution in [3.05, 3.63) is 0 Å². The lowest BCUT2D eigenvalue weighted by atomic mass is 9.88. The van der Waals surface area contributed by atoms with Gasteiger partial charge in [0.1, 0.15) is 116 Å². The summed E-state index contributed by atoms with van der Waals surface area (Å²) in [6.07, 6.45) is -48.2. The van der Waals surface area contributed by atoms with E-state index < -0.39 is 216 Å². The van der Waals surface area contributed by atoms with Crippen LogP contribution in [0.25, 0.3) is 0 Å². The lowest BCUT2D eigenvalue weighted by Gasteiger charge is -2.53. The topological polar surface area (TPSA) is 502 Å². The smallest absolute Gasteiger partial charge is 0.364 e. The molecule has 5 fully saturated rings. The number of amides is 2. The summed E-state index contributed by atoms with van der Waals surface area (Å²) in [5.41, 5.74) is 0. The maximum atomic E-state index is 13.3. The van der Waals surface area contributed by atoms with Crippen LogP contribution in [0.3, 0.4) is 0 Å². The number of aliphatic hydroxyl groups is 16. The molecule has 0 aromatic carbocycles. The highest BCUT2D eigenvalue weighted by Crippen LogP contribution is 2.40. The van der Waals surface area contributed by atoms with Crippen LogP contribution in [0.2, 0.25) is 0 Å². The average molecular weight is 999 g/mol. The summed E-state index contributed by atoms with van der Waals surface area (Å²) in [4.78, 5) is 38.5. The summed E-state index contributed by atoms with van der Waals surface area (Å²) >= 11 is 0. The molecule has 5 heterocycles. The van der Waals surface area contributed by atoms with Crippen molar-refractivity contribution in [1.29, 1.82) is 0 Å². The van der Waals surface area contributed by atoms with Crippen LogP contribution in [-0.2, 0) is 57.0 Å². The normalized spacial score (nSPS) is 46.6. The lowest BCUT2D eigenvalue weighted by molar-refractivity contribution is -0.396.